The number of aromatic nitrogens is 3. The molecule has 2 heterocycles. The van der Waals surface area contributed by atoms with Crippen LogP contribution in [0.15, 0.2) is 48.8 Å². The predicted molar refractivity (Wildman–Crippen MR) is 78.7 cm³/mol. The van der Waals surface area contributed by atoms with Crippen LogP contribution in [0.5, 0.6) is 0 Å². The molecule has 4 heteroatoms. The van der Waals surface area contributed by atoms with Crippen molar-refractivity contribution in [2.75, 3.05) is 0 Å². The van der Waals surface area contributed by atoms with Crippen LogP contribution in [-0.4, -0.2) is 20.8 Å². The van der Waals surface area contributed by atoms with Crippen molar-refractivity contribution < 1.29 is 0 Å². The summed E-state index contributed by atoms with van der Waals surface area (Å²) in [5.74, 6) is 0.876. The summed E-state index contributed by atoms with van der Waals surface area (Å²) in [5.41, 5.74) is 2.31. The van der Waals surface area contributed by atoms with Crippen molar-refractivity contribution >= 4 is 10.9 Å². The molecule has 1 N–H and O–H groups in total. The second-order valence-electron chi connectivity index (χ2n) is 5.26. The molecule has 20 heavy (non-hydrogen) atoms. The van der Waals surface area contributed by atoms with Crippen molar-refractivity contribution in [3.8, 4) is 5.82 Å². The lowest BCUT2D eigenvalue weighted by Gasteiger charge is -2.10. The molecule has 1 aromatic carbocycles. The number of pyridine rings is 1. The van der Waals surface area contributed by atoms with E-state index < -0.39 is 0 Å². The molecule has 2 aromatic heterocycles. The van der Waals surface area contributed by atoms with Crippen molar-refractivity contribution in [3.05, 3.63) is 54.4 Å². The second-order valence-corrected chi connectivity index (χ2v) is 5.26. The van der Waals surface area contributed by atoms with Gasteiger partial charge in [0.15, 0.2) is 5.82 Å². The Bertz CT molecular complexity index is 729. The zero-order valence-corrected chi connectivity index (χ0v) is 11.2. The van der Waals surface area contributed by atoms with E-state index in [1.54, 1.807) is 6.20 Å². The molecule has 1 fully saturated rings. The van der Waals surface area contributed by atoms with Gasteiger partial charge in [-0.25, -0.2) is 9.67 Å². The molecule has 0 radical (unpaired) electrons. The standard InChI is InChI=1S/C16H16N4/c1-2-5-15-14(4-1)12(11-17-13-6-7-13)10-16(19-15)20-9-3-8-18-20/h1-5,8-10,13,17H,6-7,11H2. The molecule has 0 aliphatic heterocycles. The first-order valence-electron chi connectivity index (χ1n) is 7.02. The van der Waals surface area contributed by atoms with Crippen LogP contribution in [0.4, 0.5) is 0 Å². The first kappa shape index (κ1) is 11.6. The maximum atomic E-state index is 4.69. The number of para-hydroxylation sites is 1. The van der Waals surface area contributed by atoms with Gasteiger partial charge in [-0.15, -0.1) is 0 Å². The normalized spacial score (nSPS) is 14.8. The number of nitrogens with one attached hydrogen (secondary N) is 1. The van der Waals surface area contributed by atoms with Crippen molar-refractivity contribution in [2.24, 2.45) is 0 Å². The minimum Gasteiger partial charge on any atom is -0.310 e. The third kappa shape index (κ3) is 2.18. The van der Waals surface area contributed by atoms with Gasteiger partial charge in [0.1, 0.15) is 0 Å². The summed E-state index contributed by atoms with van der Waals surface area (Å²) in [7, 11) is 0. The predicted octanol–water partition coefficient (Wildman–Crippen LogP) is 2.67. The zero-order valence-electron chi connectivity index (χ0n) is 11.2. The Balaban J connectivity index is 1.80. The molecule has 0 atom stereocenters. The summed E-state index contributed by atoms with van der Waals surface area (Å²) >= 11 is 0. The SMILES string of the molecule is c1ccc2c(CNC3CC3)cc(-n3cccn3)nc2c1. The monoisotopic (exact) mass is 264 g/mol. The molecule has 3 aromatic rings. The Morgan fingerprint density at radius 3 is 2.90 bits per heavy atom. The van der Waals surface area contributed by atoms with Crippen LogP contribution in [0, 0.1) is 0 Å². The Morgan fingerprint density at radius 1 is 1.20 bits per heavy atom. The number of hydrogen-bond donors (Lipinski definition) is 1. The van der Waals surface area contributed by atoms with E-state index >= 15 is 0 Å². The summed E-state index contributed by atoms with van der Waals surface area (Å²) in [6.07, 6.45) is 6.30. The quantitative estimate of drug-likeness (QED) is 0.788. The van der Waals surface area contributed by atoms with Crippen LogP contribution in [0.2, 0.25) is 0 Å². The highest BCUT2D eigenvalue weighted by Crippen LogP contribution is 2.23. The topological polar surface area (TPSA) is 42.7 Å². The molecule has 4 rings (SSSR count). The molecular formula is C16H16N4. The number of fused-ring (bicyclic) bond motifs is 1. The van der Waals surface area contributed by atoms with Gasteiger partial charge in [0.2, 0.25) is 0 Å². The number of rotatable bonds is 4. The molecule has 1 aliphatic rings. The summed E-state index contributed by atoms with van der Waals surface area (Å²) in [4.78, 5) is 4.69. The smallest absolute Gasteiger partial charge is 0.154 e. The minimum absolute atomic E-state index is 0.704. The van der Waals surface area contributed by atoms with E-state index in [4.69, 9.17) is 4.98 Å². The van der Waals surface area contributed by atoms with E-state index in [-0.39, 0.29) is 0 Å². The summed E-state index contributed by atoms with van der Waals surface area (Å²) < 4.78 is 1.81. The molecule has 0 saturated heterocycles. The van der Waals surface area contributed by atoms with Gasteiger partial charge in [-0.1, -0.05) is 18.2 Å². The van der Waals surface area contributed by atoms with Crippen molar-refractivity contribution in [1.29, 1.82) is 0 Å². The minimum atomic E-state index is 0.704. The molecule has 0 amide bonds. The number of benzene rings is 1. The number of hydrogen-bond acceptors (Lipinski definition) is 3. The van der Waals surface area contributed by atoms with Crippen LogP contribution in [0.25, 0.3) is 16.7 Å². The van der Waals surface area contributed by atoms with Gasteiger partial charge in [-0.05, 0) is 36.6 Å². The summed E-state index contributed by atoms with van der Waals surface area (Å²) in [6.45, 7) is 0.891. The Labute approximate surface area is 117 Å². The van der Waals surface area contributed by atoms with Crippen LogP contribution in [-0.2, 0) is 6.54 Å². The first-order valence-corrected chi connectivity index (χ1v) is 7.02. The lowest BCUT2D eigenvalue weighted by molar-refractivity contribution is 0.689. The molecule has 100 valence electrons. The van der Waals surface area contributed by atoms with Crippen LogP contribution in [0.3, 0.4) is 0 Å². The summed E-state index contributed by atoms with van der Waals surface area (Å²) in [6, 6.07) is 13.0. The van der Waals surface area contributed by atoms with Gasteiger partial charge >= 0.3 is 0 Å². The lowest BCUT2D eigenvalue weighted by Crippen LogP contribution is -2.16. The number of nitrogens with zero attached hydrogens (tertiary/aromatic N) is 3. The highest BCUT2D eigenvalue weighted by Gasteiger charge is 2.20. The molecule has 0 unspecified atom stereocenters. The van der Waals surface area contributed by atoms with Crippen molar-refractivity contribution in [2.45, 2.75) is 25.4 Å². The fourth-order valence-electron chi connectivity index (χ4n) is 2.44. The molecule has 0 spiro atoms. The van der Waals surface area contributed by atoms with Crippen molar-refractivity contribution in [3.63, 3.8) is 0 Å². The Morgan fingerprint density at radius 2 is 2.10 bits per heavy atom. The average molecular weight is 264 g/mol. The zero-order chi connectivity index (χ0) is 13.4. The average Bonchev–Trinajstić information content (AvgIpc) is 3.15. The fourth-order valence-corrected chi connectivity index (χ4v) is 2.44. The third-order valence-electron chi connectivity index (χ3n) is 3.69. The highest BCUT2D eigenvalue weighted by molar-refractivity contribution is 5.83. The van der Waals surface area contributed by atoms with Crippen molar-refractivity contribution in [1.82, 2.24) is 20.1 Å². The molecule has 1 saturated carbocycles. The van der Waals surface area contributed by atoms with E-state index in [1.165, 1.54) is 23.8 Å². The fraction of sp³-hybridized carbons (Fsp3) is 0.250. The molecule has 0 bridgehead atoms. The van der Waals surface area contributed by atoms with Crippen LogP contribution in [0.1, 0.15) is 18.4 Å². The van der Waals surface area contributed by atoms with Gasteiger partial charge in [0, 0.05) is 30.4 Å². The third-order valence-corrected chi connectivity index (χ3v) is 3.69. The van der Waals surface area contributed by atoms with E-state index in [1.807, 2.05) is 23.0 Å². The van der Waals surface area contributed by atoms with Crippen LogP contribution >= 0.6 is 0 Å². The molecule has 1 aliphatic carbocycles. The van der Waals surface area contributed by atoms with Gasteiger partial charge in [-0.2, -0.15) is 5.10 Å². The van der Waals surface area contributed by atoms with Gasteiger partial charge < -0.3 is 5.32 Å². The first-order chi connectivity index (χ1) is 9.90. The van der Waals surface area contributed by atoms with E-state index in [0.717, 1.165) is 17.9 Å². The summed E-state index contributed by atoms with van der Waals surface area (Å²) in [5, 5.41) is 9.07. The Hall–Kier alpha value is -2.20. The maximum Gasteiger partial charge on any atom is 0.154 e. The van der Waals surface area contributed by atoms with E-state index in [0.29, 0.717) is 6.04 Å². The largest absolute Gasteiger partial charge is 0.310 e. The van der Waals surface area contributed by atoms with Gasteiger partial charge in [0.05, 0.1) is 5.52 Å². The maximum absolute atomic E-state index is 4.69. The van der Waals surface area contributed by atoms with Gasteiger partial charge in [-0.3, -0.25) is 0 Å². The lowest BCUT2D eigenvalue weighted by atomic mass is 10.1. The van der Waals surface area contributed by atoms with E-state index in [9.17, 15) is 0 Å². The molecule has 4 nitrogen and oxygen atoms in total. The van der Waals surface area contributed by atoms with Crippen LogP contribution < -0.4 is 5.32 Å². The second kappa shape index (κ2) is 4.72. The Kier molecular flexibility index (Phi) is 2.74. The van der Waals surface area contributed by atoms with E-state index in [2.05, 4.69) is 34.7 Å². The highest BCUT2D eigenvalue weighted by atomic mass is 15.3. The molecular weight excluding hydrogens is 248 g/mol. The van der Waals surface area contributed by atoms with Gasteiger partial charge in [0.25, 0.3) is 0 Å².